The zero-order chi connectivity index (χ0) is 22.8. The number of ether oxygens (including phenoxy) is 1. The maximum atomic E-state index is 13.6. The van der Waals surface area contributed by atoms with E-state index in [-0.39, 0.29) is 11.6 Å². The summed E-state index contributed by atoms with van der Waals surface area (Å²) in [5.74, 6) is -0.216. The van der Waals surface area contributed by atoms with E-state index in [1.807, 2.05) is 63.2 Å². The van der Waals surface area contributed by atoms with E-state index in [9.17, 15) is 9.59 Å². The highest BCUT2D eigenvalue weighted by molar-refractivity contribution is 6.46. The monoisotopic (exact) mass is 446 g/mol. The number of anilines is 2. The number of hydrogen-bond acceptors (Lipinski definition) is 4. The fourth-order valence-corrected chi connectivity index (χ4v) is 3.93. The molecule has 0 saturated carbocycles. The summed E-state index contributed by atoms with van der Waals surface area (Å²) in [6.07, 6.45) is 0. The van der Waals surface area contributed by atoms with Gasteiger partial charge in [0, 0.05) is 5.02 Å². The maximum absolute atomic E-state index is 13.6. The Labute approximate surface area is 192 Å². The Morgan fingerprint density at radius 3 is 2.34 bits per heavy atom. The van der Waals surface area contributed by atoms with E-state index in [1.54, 1.807) is 24.3 Å². The van der Waals surface area contributed by atoms with Gasteiger partial charge in [-0.25, -0.2) is 4.90 Å². The Balaban J connectivity index is 1.86. The van der Waals surface area contributed by atoms with Crippen molar-refractivity contribution in [3.05, 3.63) is 94.1 Å². The molecule has 0 radical (unpaired) electrons. The molecule has 2 amide bonds. The minimum absolute atomic E-state index is 0.212. The molecule has 0 unspecified atom stereocenters. The lowest BCUT2D eigenvalue weighted by Gasteiger charge is -2.16. The van der Waals surface area contributed by atoms with Crippen LogP contribution in [0.4, 0.5) is 11.4 Å². The molecule has 6 heteroatoms. The second kappa shape index (κ2) is 8.89. The number of amides is 2. The summed E-state index contributed by atoms with van der Waals surface area (Å²) in [6, 6.07) is 19.8. The second-order valence-electron chi connectivity index (χ2n) is 7.54. The first-order chi connectivity index (χ1) is 15.4. The van der Waals surface area contributed by atoms with Gasteiger partial charge in [0.05, 0.1) is 23.6 Å². The Morgan fingerprint density at radius 1 is 0.938 bits per heavy atom. The van der Waals surface area contributed by atoms with Crippen molar-refractivity contribution in [1.82, 2.24) is 0 Å². The predicted molar refractivity (Wildman–Crippen MR) is 128 cm³/mol. The Hall–Kier alpha value is -3.57. The molecular weight excluding hydrogens is 424 g/mol. The molecule has 3 aromatic rings. The third-order valence-electron chi connectivity index (χ3n) is 5.27. The number of rotatable bonds is 6. The average Bonchev–Trinajstić information content (AvgIpc) is 3.00. The van der Waals surface area contributed by atoms with Crippen LogP contribution in [0.2, 0.25) is 5.02 Å². The van der Waals surface area contributed by atoms with Crippen molar-refractivity contribution in [1.29, 1.82) is 0 Å². The molecule has 0 aliphatic carbocycles. The van der Waals surface area contributed by atoms with Crippen molar-refractivity contribution < 1.29 is 14.3 Å². The molecule has 4 rings (SSSR count). The van der Waals surface area contributed by atoms with Crippen molar-refractivity contribution in [3.8, 4) is 5.75 Å². The average molecular weight is 447 g/mol. The van der Waals surface area contributed by atoms with Crippen LogP contribution in [0, 0.1) is 13.8 Å². The third kappa shape index (κ3) is 3.99. The molecule has 0 spiro atoms. The minimum atomic E-state index is -0.432. The number of carbonyl (C=O) groups is 2. The van der Waals surface area contributed by atoms with Crippen LogP contribution in [0.15, 0.2) is 72.4 Å². The van der Waals surface area contributed by atoms with Gasteiger partial charge < -0.3 is 10.1 Å². The van der Waals surface area contributed by atoms with E-state index < -0.39 is 5.91 Å². The first-order valence-electron chi connectivity index (χ1n) is 10.4. The van der Waals surface area contributed by atoms with E-state index in [0.29, 0.717) is 39.9 Å². The summed E-state index contributed by atoms with van der Waals surface area (Å²) < 4.78 is 5.70. The predicted octanol–water partition coefficient (Wildman–Crippen LogP) is 5.75. The second-order valence-corrected chi connectivity index (χ2v) is 7.98. The van der Waals surface area contributed by atoms with Gasteiger partial charge in [0.2, 0.25) is 0 Å². The highest BCUT2D eigenvalue weighted by Crippen LogP contribution is 2.37. The number of para-hydroxylation sites is 2. The highest BCUT2D eigenvalue weighted by Gasteiger charge is 2.41. The molecule has 0 fully saturated rings. The Bertz CT molecular complexity index is 1230. The number of nitrogens with zero attached hydrogens (tertiary/aromatic N) is 1. The van der Waals surface area contributed by atoms with Gasteiger partial charge in [0.25, 0.3) is 11.8 Å². The fourth-order valence-electron chi connectivity index (χ4n) is 3.80. The summed E-state index contributed by atoms with van der Waals surface area (Å²) in [4.78, 5) is 28.3. The van der Waals surface area contributed by atoms with Crippen molar-refractivity contribution >= 4 is 40.4 Å². The van der Waals surface area contributed by atoms with Crippen LogP contribution >= 0.6 is 11.6 Å². The van der Waals surface area contributed by atoms with Gasteiger partial charge in [-0.2, -0.15) is 0 Å². The third-order valence-corrected chi connectivity index (χ3v) is 5.52. The van der Waals surface area contributed by atoms with Gasteiger partial charge in [-0.15, -0.1) is 0 Å². The van der Waals surface area contributed by atoms with Crippen LogP contribution in [0.5, 0.6) is 5.75 Å². The minimum Gasteiger partial charge on any atom is -0.492 e. The van der Waals surface area contributed by atoms with Gasteiger partial charge in [-0.3, -0.25) is 9.59 Å². The first kappa shape index (κ1) is 21.7. The fraction of sp³-hybridized carbons (Fsp3) is 0.154. The van der Waals surface area contributed by atoms with Crippen LogP contribution in [0.3, 0.4) is 0 Å². The summed E-state index contributed by atoms with van der Waals surface area (Å²) in [5, 5.41) is 3.72. The van der Waals surface area contributed by atoms with Gasteiger partial charge in [0.15, 0.2) is 0 Å². The zero-order valence-corrected chi connectivity index (χ0v) is 18.9. The summed E-state index contributed by atoms with van der Waals surface area (Å²) in [6.45, 7) is 6.29. The number of aryl methyl sites for hydroxylation is 2. The number of benzene rings is 3. The summed E-state index contributed by atoms with van der Waals surface area (Å²) in [7, 11) is 0. The molecule has 1 N–H and O–H groups in total. The van der Waals surface area contributed by atoms with E-state index >= 15 is 0 Å². The van der Waals surface area contributed by atoms with Crippen molar-refractivity contribution in [2.24, 2.45) is 0 Å². The standard InChI is InChI=1S/C26H23ClN2O3/c1-4-32-22-8-6-5-7-21(22)28-24-23(20-14-9-16(2)15-17(20)3)25(30)29(26(24)31)19-12-10-18(27)11-13-19/h5-15,28H,4H2,1-3H3. The van der Waals surface area contributed by atoms with Crippen LogP contribution < -0.4 is 15.0 Å². The van der Waals surface area contributed by atoms with Gasteiger partial charge >= 0.3 is 0 Å². The normalized spacial score (nSPS) is 13.7. The van der Waals surface area contributed by atoms with Crippen LogP contribution in [0.25, 0.3) is 5.57 Å². The van der Waals surface area contributed by atoms with Gasteiger partial charge in [0.1, 0.15) is 11.4 Å². The molecule has 0 saturated heterocycles. The van der Waals surface area contributed by atoms with E-state index in [1.165, 1.54) is 4.90 Å². The van der Waals surface area contributed by atoms with E-state index in [4.69, 9.17) is 16.3 Å². The van der Waals surface area contributed by atoms with E-state index in [2.05, 4.69) is 5.32 Å². The van der Waals surface area contributed by atoms with E-state index in [0.717, 1.165) is 11.1 Å². The first-order valence-corrected chi connectivity index (χ1v) is 10.7. The highest BCUT2D eigenvalue weighted by atomic mass is 35.5. The van der Waals surface area contributed by atoms with Crippen LogP contribution in [-0.4, -0.2) is 18.4 Å². The number of imide groups is 1. The molecule has 3 aromatic carbocycles. The molecule has 0 bridgehead atoms. The molecule has 1 aliphatic rings. The number of hydrogen-bond donors (Lipinski definition) is 1. The Kier molecular flexibility index (Phi) is 6.01. The topological polar surface area (TPSA) is 58.6 Å². The molecule has 1 aliphatic heterocycles. The number of nitrogens with one attached hydrogen (secondary N) is 1. The lowest BCUT2D eigenvalue weighted by molar-refractivity contribution is -0.120. The van der Waals surface area contributed by atoms with Gasteiger partial charge in [-0.1, -0.05) is 47.5 Å². The molecule has 0 atom stereocenters. The number of carbonyl (C=O) groups excluding carboxylic acids is 2. The van der Waals surface area contributed by atoms with Crippen molar-refractivity contribution in [2.75, 3.05) is 16.8 Å². The lowest BCUT2D eigenvalue weighted by Crippen LogP contribution is -2.32. The molecule has 162 valence electrons. The van der Waals surface area contributed by atoms with Crippen LogP contribution in [0.1, 0.15) is 23.6 Å². The lowest BCUT2D eigenvalue weighted by atomic mass is 9.97. The largest absolute Gasteiger partial charge is 0.492 e. The maximum Gasteiger partial charge on any atom is 0.282 e. The molecule has 1 heterocycles. The van der Waals surface area contributed by atoms with Crippen LogP contribution in [-0.2, 0) is 9.59 Å². The molecule has 0 aromatic heterocycles. The van der Waals surface area contributed by atoms with Crippen molar-refractivity contribution in [2.45, 2.75) is 20.8 Å². The quantitative estimate of drug-likeness (QED) is 0.489. The summed E-state index contributed by atoms with van der Waals surface area (Å²) >= 11 is 6.01. The molecular formula is C26H23ClN2O3. The molecule has 5 nitrogen and oxygen atoms in total. The molecule has 32 heavy (non-hydrogen) atoms. The SMILES string of the molecule is CCOc1ccccc1NC1=C(c2ccc(C)cc2C)C(=O)N(c2ccc(Cl)cc2)C1=O. The number of halogens is 1. The Morgan fingerprint density at radius 2 is 1.66 bits per heavy atom. The van der Waals surface area contributed by atoms with Gasteiger partial charge in [-0.05, 0) is 68.3 Å². The summed E-state index contributed by atoms with van der Waals surface area (Å²) in [5.41, 5.74) is 4.32. The van der Waals surface area contributed by atoms with Crippen molar-refractivity contribution in [3.63, 3.8) is 0 Å². The zero-order valence-electron chi connectivity index (χ0n) is 18.1. The smallest absolute Gasteiger partial charge is 0.282 e.